The number of ether oxygens (including phenoxy) is 1. The molecule has 1 atom stereocenters. The summed E-state index contributed by atoms with van der Waals surface area (Å²) in [5.41, 5.74) is 0. The second-order valence-electron chi connectivity index (χ2n) is 4.51. The molecular weight excluding hydrogens is 208 g/mol. The number of likely N-dealkylation sites (tertiary alicyclic amines) is 1. The zero-order valence-corrected chi connectivity index (χ0v) is 9.52. The van der Waals surface area contributed by atoms with Gasteiger partial charge >= 0.3 is 6.09 Å². The summed E-state index contributed by atoms with van der Waals surface area (Å²) >= 11 is 0. The summed E-state index contributed by atoms with van der Waals surface area (Å²) in [5, 5.41) is 12.3. The number of amides is 1. The molecule has 2 rings (SSSR count). The van der Waals surface area contributed by atoms with Gasteiger partial charge < -0.3 is 15.2 Å². The number of carboxylic acid groups (broad SMARTS) is 1. The normalized spacial score (nSPS) is 28.0. The van der Waals surface area contributed by atoms with E-state index in [1.807, 2.05) is 0 Å². The molecule has 2 fully saturated rings. The van der Waals surface area contributed by atoms with E-state index in [9.17, 15) is 4.79 Å². The van der Waals surface area contributed by atoms with E-state index in [4.69, 9.17) is 9.84 Å². The fraction of sp³-hybridized carbons (Fsp3) is 0.909. The maximum Gasteiger partial charge on any atom is 0.409 e. The predicted molar refractivity (Wildman–Crippen MR) is 59.3 cm³/mol. The molecular formula is C11H20N2O3. The van der Waals surface area contributed by atoms with Crippen LogP contribution in [0.25, 0.3) is 0 Å². The number of carbonyl (C=O) groups is 1. The summed E-state index contributed by atoms with van der Waals surface area (Å²) < 4.78 is 5.91. The maximum absolute atomic E-state index is 11.0. The highest BCUT2D eigenvalue weighted by atomic mass is 16.5. The summed E-state index contributed by atoms with van der Waals surface area (Å²) in [5.74, 6) is 0. The molecule has 2 heterocycles. The monoisotopic (exact) mass is 228 g/mol. The first-order valence-corrected chi connectivity index (χ1v) is 6.13. The van der Waals surface area contributed by atoms with Gasteiger partial charge in [0.1, 0.15) is 6.23 Å². The molecule has 0 spiro atoms. The summed E-state index contributed by atoms with van der Waals surface area (Å²) in [6.07, 6.45) is 4.02. The Morgan fingerprint density at radius 3 is 2.69 bits per heavy atom. The molecule has 0 aliphatic carbocycles. The first-order valence-electron chi connectivity index (χ1n) is 6.13. The van der Waals surface area contributed by atoms with Crippen molar-refractivity contribution in [1.29, 1.82) is 0 Å². The van der Waals surface area contributed by atoms with E-state index < -0.39 is 6.09 Å². The first kappa shape index (κ1) is 11.7. The van der Waals surface area contributed by atoms with Gasteiger partial charge in [-0.15, -0.1) is 0 Å². The predicted octanol–water partition coefficient (Wildman–Crippen LogP) is 1.25. The lowest BCUT2D eigenvalue weighted by molar-refractivity contribution is -0.110. The van der Waals surface area contributed by atoms with Crippen molar-refractivity contribution in [3.8, 4) is 0 Å². The molecule has 0 aromatic rings. The van der Waals surface area contributed by atoms with Crippen LogP contribution in [0.5, 0.6) is 0 Å². The molecule has 0 aromatic heterocycles. The molecule has 5 nitrogen and oxygen atoms in total. The van der Waals surface area contributed by atoms with Gasteiger partial charge in [-0.2, -0.15) is 0 Å². The lowest BCUT2D eigenvalue weighted by Gasteiger charge is -2.36. The zero-order valence-electron chi connectivity index (χ0n) is 9.52. The first-order chi connectivity index (χ1) is 7.77. The Balaban J connectivity index is 1.87. The highest BCUT2D eigenvalue weighted by molar-refractivity contribution is 5.65. The van der Waals surface area contributed by atoms with Gasteiger partial charge in [-0.1, -0.05) is 0 Å². The van der Waals surface area contributed by atoms with Crippen molar-refractivity contribution >= 4 is 6.09 Å². The van der Waals surface area contributed by atoms with Crippen LogP contribution in [0, 0.1) is 0 Å². The number of rotatable bonds is 2. The van der Waals surface area contributed by atoms with Gasteiger partial charge in [0.2, 0.25) is 0 Å². The van der Waals surface area contributed by atoms with Crippen molar-refractivity contribution in [2.45, 2.75) is 44.4 Å². The third-order valence-corrected chi connectivity index (χ3v) is 3.33. The second kappa shape index (κ2) is 5.50. The Labute approximate surface area is 95.8 Å². The standard InChI is InChI=1S/C11H20N2O3/c14-11(15)13-8-2-1-3-10(13)16-9-4-6-12-7-5-9/h9-10,12H,1-8H2,(H,14,15). The van der Waals surface area contributed by atoms with Crippen LogP contribution in [-0.4, -0.2) is 48.1 Å². The van der Waals surface area contributed by atoms with Gasteiger partial charge in [0.05, 0.1) is 6.10 Å². The number of piperidine rings is 2. The van der Waals surface area contributed by atoms with Crippen LogP contribution < -0.4 is 5.32 Å². The molecule has 2 saturated heterocycles. The molecule has 0 radical (unpaired) electrons. The van der Waals surface area contributed by atoms with E-state index in [1.54, 1.807) is 0 Å². The van der Waals surface area contributed by atoms with Crippen LogP contribution in [0.4, 0.5) is 4.79 Å². The lowest BCUT2D eigenvalue weighted by Crippen LogP contribution is -2.47. The summed E-state index contributed by atoms with van der Waals surface area (Å²) in [4.78, 5) is 12.5. The third-order valence-electron chi connectivity index (χ3n) is 3.33. The smallest absolute Gasteiger partial charge is 0.409 e. The van der Waals surface area contributed by atoms with E-state index in [1.165, 1.54) is 4.90 Å². The van der Waals surface area contributed by atoms with E-state index in [-0.39, 0.29) is 12.3 Å². The van der Waals surface area contributed by atoms with Gasteiger partial charge in [0, 0.05) is 6.54 Å². The summed E-state index contributed by atoms with van der Waals surface area (Å²) in [7, 11) is 0. The van der Waals surface area contributed by atoms with E-state index in [0.29, 0.717) is 6.54 Å². The van der Waals surface area contributed by atoms with Crippen LogP contribution in [-0.2, 0) is 4.74 Å². The fourth-order valence-electron chi connectivity index (χ4n) is 2.41. The fourth-order valence-corrected chi connectivity index (χ4v) is 2.41. The molecule has 92 valence electrons. The van der Waals surface area contributed by atoms with Gasteiger partial charge in [-0.3, -0.25) is 4.90 Å². The third kappa shape index (κ3) is 2.86. The lowest BCUT2D eigenvalue weighted by atomic mass is 10.1. The van der Waals surface area contributed by atoms with E-state index >= 15 is 0 Å². The van der Waals surface area contributed by atoms with E-state index in [2.05, 4.69) is 5.32 Å². The van der Waals surface area contributed by atoms with Crippen molar-refractivity contribution in [2.75, 3.05) is 19.6 Å². The number of hydrogen-bond acceptors (Lipinski definition) is 3. The quantitative estimate of drug-likeness (QED) is 0.746. The van der Waals surface area contributed by atoms with Gasteiger partial charge in [0.15, 0.2) is 0 Å². The largest absolute Gasteiger partial charge is 0.465 e. The van der Waals surface area contributed by atoms with Crippen LogP contribution in [0.2, 0.25) is 0 Å². The maximum atomic E-state index is 11.0. The Bertz CT molecular complexity index is 241. The van der Waals surface area contributed by atoms with Crippen molar-refractivity contribution in [3.05, 3.63) is 0 Å². The summed E-state index contributed by atoms with van der Waals surface area (Å²) in [6.45, 7) is 2.57. The molecule has 5 heteroatoms. The molecule has 16 heavy (non-hydrogen) atoms. The number of hydrogen-bond donors (Lipinski definition) is 2. The second-order valence-corrected chi connectivity index (χ2v) is 4.51. The summed E-state index contributed by atoms with van der Waals surface area (Å²) in [6, 6.07) is 0. The molecule has 0 saturated carbocycles. The molecule has 1 unspecified atom stereocenters. The van der Waals surface area contributed by atoms with Gasteiger partial charge in [-0.25, -0.2) is 4.79 Å². The van der Waals surface area contributed by atoms with Gasteiger partial charge in [-0.05, 0) is 45.2 Å². The van der Waals surface area contributed by atoms with Crippen molar-refractivity contribution in [2.24, 2.45) is 0 Å². The Hall–Kier alpha value is -0.810. The minimum absolute atomic E-state index is 0.214. The minimum Gasteiger partial charge on any atom is -0.465 e. The average Bonchev–Trinajstić information content (AvgIpc) is 2.31. The molecule has 2 N–H and O–H groups in total. The van der Waals surface area contributed by atoms with E-state index in [0.717, 1.165) is 45.2 Å². The highest BCUT2D eigenvalue weighted by Gasteiger charge is 2.29. The number of nitrogens with one attached hydrogen (secondary N) is 1. The average molecular weight is 228 g/mol. The van der Waals surface area contributed by atoms with Crippen molar-refractivity contribution < 1.29 is 14.6 Å². The van der Waals surface area contributed by atoms with Gasteiger partial charge in [0.25, 0.3) is 0 Å². The van der Waals surface area contributed by atoms with Crippen LogP contribution in [0.3, 0.4) is 0 Å². The molecule has 2 aliphatic heterocycles. The van der Waals surface area contributed by atoms with Crippen LogP contribution in [0.1, 0.15) is 32.1 Å². The van der Waals surface area contributed by atoms with Crippen molar-refractivity contribution in [1.82, 2.24) is 10.2 Å². The van der Waals surface area contributed by atoms with Crippen LogP contribution >= 0.6 is 0 Å². The molecule has 0 aromatic carbocycles. The molecule has 2 aliphatic rings. The molecule has 0 bridgehead atoms. The number of nitrogens with zero attached hydrogens (tertiary/aromatic N) is 1. The SMILES string of the molecule is O=C(O)N1CCCCC1OC1CCNCC1. The Kier molecular flexibility index (Phi) is 4.01. The van der Waals surface area contributed by atoms with Crippen LogP contribution in [0.15, 0.2) is 0 Å². The molecule has 1 amide bonds. The Morgan fingerprint density at radius 2 is 2.00 bits per heavy atom. The topological polar surface area (TPSA) is 61.8 Å². The zero-order chi connectivity index (χ0) is 11.4. The minimum atomic E-state index is -0.848. The van der Waals surface area contributed by atoms with Crippen molar-refractivity contribution in [3.63, 3.8) is 0 Å². The highest BCUT2D eigenvalue weighted by Crippen LogP contribution is 2.21. The Morgan fingerprint density at radius 1 is 1.25 bits per heavy atom.